The van der Waals surface area contributed by atoms with Crippen molar-refractivity contribution in [2.45, 2.75) is 27.3 Å². The fourth-order valence-corrected chi connectivity index (χ4v) is 1.82. The molecule has 2 aromatic rings. The molecule has 0 saturated heterocycles. The molecule has 0 atom stereocenters. The van der Waals surface area contributed by atoms with Crippen LogP contribution in [0.3, 0.4) is 0 Å². The van der Waals surface area contributed by atoms with Gasteiger partial charge >= 0.3 is 0 Å². The Bertz CT molecular complexity index is 570. The third kappa shape index (κ3) is 1.54. The first-order chi connectivity index (χ1) is 7.13. The highest BCUT2D eigenvalue weighted by Crippen LogP contribution is 2.14. The van der Waals surface area contributed by atoms with Gasteiger partial charge in [0.1, 0.15) is 5.52 Å². The lowest BCUT2D eigenvalue weighted by atomic mass is 10.2. The summed E-state index contributed by atoms with van der Waals surface area (Å²) < 4.78 is 1.77. The quantitative estimate of drug-likeness (QED) is 0.709. The van der Waals surface area contributed by atoms with Crippen LogP contribution in [-0.2, 0) is 6.54 Å². The van der Waals surface area contributed by atoms with Crippen LogP contribution in [0.5, 0.6) is 0 Å². The predicted molar refractivity (Wildman–Crippen MR) is 61.2 cm³/mol. The summed E-state index contributed by atoms with van der Waals surface area (Å²) in [5, 5.41) is 5.32. The van der Waals surface area contributed by atoms with Crippen LogP contribution < -0.4 is 5.43 Å². The number of hydrogen-bond acceptors (Lipinski definition) is 2. The first-order valence-corrected chi connectivity index (χ1v) is 5.11. The Balaban J connectivity index is 3.03. The molecule has 0 aliphatic carbocycles. The number of fused-ring (bicyclic) bond motifs is 1. The molecule has 15 heavy (non-hydrogen) atoms. The fourth-order valence-electron chi connectivity index (χ4n) is 1.82. The molecule has 0 bridgehead atoms. The van der Waals surface area contributed by atoms with Crippen molar-refractivity contribution in [3.05, 3.63) is 39.7 Å². The Morgan fingerprint density at radius 1 is 1.33 bits per heavy atom. The lowest BCUT2D eigenvalue weighted by Crippen LogP contribution is -2.05. The van der Waals surface area contributed by atoms with Gasteiger partial charge in [0.05, 0.1) is 5.69 Å². The van der Waals surface area contributed by atoms with E-state index in [4.69, 9.17) is 0 Å². The molecule has 1 aromatic heterocycles. The van der Waals surface area contributed by atoms with Gasteiger partial charge in [-0.3, -0.25) is 9.48 Å². The third-order valence-electron chi connectivity index (χ3n) is 2.58. The molecule has 3 nitrogen and oxygen atoms in total. The van der Waals surface area contributed by atoms with Gasteiger partial charge in [-0.25, -0.2) is 0 Å². The Labute approximate surface area is 88.4 Å². The summed E-state index contributed by atoms with van der Waals surface area (Å²) in [5.74, 6) is 0. The van der Waals surface area contributed by atoms with Crippen molar-refractivity contribution < 1.29 is 0 Å². The Hall–Kier alpha value is -1.64. The van der Waals surface area contributed by atoms with E-state index in [2.05, 4.69) is 5.10 Å². The summed E-state index contributed by atoms with van der Waals surface area (Å²) in [6.07, 6.45) is 0. The summed E-state index contributed by atoms with van der Waals surface area (Å²) >= 11 is 0. The van der Waals surface area contributed by atoms with Crippen LogP contribution in [-0.4, -0.2) is 9.78 Å². The van der Waals surface area contributed by atoms with Crippen LogP contribution in [0, 0.1) is 13.8 Å². The van der Waals surface area contributed by atoms with Gasteiger partial charge < -0.3 is 0 Å². The van der Waals surface area contributed by atoms with E-state index < -0.39 is 0 Å². The Kier molecular flexibility index (Phi) is 2.31. The molecule has 0 N–H and O–H groups in total. The zero-order valence-corrected chi connectivity index (χ0v) is 9.24. The van der Waals surface area contributed by atoms with E-state index in [1.54, 1.807) is 10.7 Å². The van der Waals surface area contributed by atoms with Crippen LogP contribution in [0.25, 0.3) is 10.9 Å². The largest absolute Gasteiger partial charge is 0.288 e. The molecule has 0 amide bonds. The zero-order valence-electron chi connectivity index (χ0n) is 9.24. The van der Waals surface area contributed by atoms with Gasteiger partial charge in [0, 0.05) is 11.9 Å². The molecule has 0 spiro atoms. The van der Waals surface area contributed by atoms with Gasteiger partial charge in [-0.2, -0.15) is 5.10 Å². The average molecular weight is 202 g/mol. The molecule has 0 aliphatic heterocycles. The maximum absolute atomic E-state index is 11.9. The number of aryl methyl sites for hydroxylation is 3. The van der Waals surface area contributed by atoms with Gasteiger partial charge in [0.25, 0.3) is 0 Å². The second-order valence-corrected chi connectivity index (χ2v) is 3.75. The van der Waals surface area contributed by atoms with E-state index >= 15 is 0 Å². The molecule has 3 heteroatoms. The molecule has 0 fully saturated rings. The van der Waals surface area contributed by atoms with E-state index in [1.807, 2.05) is 32.9 Å². The minimum Gasteiger partial charge on any atom is -0.288 e. The molecule has 1 aromatic carbocycles. The van der Waals surface area contributed by atoms with Crippen molar-refractivity contribution in [1.82, 2.24) is 9.78 Å². The van der Waals surface area contributed by atoms with Gasteiger partial charge in [-0.05, 0) is 32.9 Å². The number of aromatic nitrogens is 2. The summed E-state index contributed by atoms with van der Waals surface area (Å²) in [6, 6.07) is 5.48. The molecular weight excluding hydrogens is 188 g/mol. The zero-order chi connectivity index (χ0) is 11.0. The topological polar surface area (TPSA) is 34.9 Å². The normalized spacial score (nSPS) is 10.9. The second-order valence-electron chi connectivity index (χ2n) is 3.75. The predicted octanol–water partition coefficient (Wildman–Crippen LogP) is 2.03. The standard InChI is InChI=1S/C12H14N2O/c1-4-14-12-10(9(3)13-14)7-8(2)5-6-11(12)15/h5-7H,4H2,1-3H3. The van der Waals surface area contributed by atoms with Gasteiger partial charge in [-0.15, -0.1) is 0 Å². The molecule has 0 aliphatic rings. The third-order valence-corrected chi connectivity index (χ3v) is 2.58. The van der Waals surface area contributed by atoms with Crippen molar-refractivity contribution in [2.24, 2.45) is 0 Å². The number of nitrogens with zero attached hydrogens (tertiary/aromatic N) is 2. The summed E-state index contributed by atoms with van der Waals surface area (Å²) in [5.41, 5.74) is 2.76. The minimum absolute atomic E-state index is 0.0422. The lowest BCUT2D eigenvalue weighted by molar-refractivity contribution is 0.675. The summed E-state index contributed by atoms with van der Waals surface area (Å²) in [6.45, 7) is 6.64. The van der Waals surface area contributed by atoms with Crippen LogP contribution in [0.1, 0.15) is 18.2 Å². The maximum Gasteiger partial charge on any atom is 0.204 e. The monoisotopic (exact) mass is 202 g/mol. The van der Waals surface area contributed by atoms with Crippen molar-refractivity contribution in [3.63, 3.8) is 0 Å². The molecule has 1 heterocycles. The molecule has 0 saturated carbocycles. The fraction of sp³-hybridized carbons (Fsp3) is 0.333. The molecule has 78 valence electrons. The van der Waals surface area contributed by atoms with E-state index in [-0.39, 0.29) is 5.43 Å². The first kappa shape index (κ1) is 9.90. The van der Waals surface area contributed by atoms with Crippen molar-refractivity contribution in [3.8, 4) is 0 Å². The smallest absolute Gasteiger partial charge is 0.204 e. The van der Waals surface area contributed by atoms with Crippen molar-refractivity contribution >= 4 is 10.9 Å². The summed E-state index contributed by atoms with van der Waals surface area (Å²) in [7, 11) is 0. The van der Waals surface area contributed by atoms with E-state index in [0.29, 0.717) is 5.52 Å². The van der Waals surface area contributed by atoms with E-state index in [9.17, 15) is 4.79 Å². The van der Waals surface area contributed by atoms with E-state index in [0.717, 1.165) is 23.2 Å². The SMILES string of the molecule is CCn1nc(C)c2cc(C)ccc(=O)c21. The van der Waals surface area contributed by atoms with Gasteiger partial charge in [0.2, 0.25) is 5.43 Å². The highest BCUT2D eigenvalue weighted by molar-refractivity contribution is 5.81. The van der Waals surface area contributed by atoms with Crippen molar-refractivity contribution in [2.75, 3.05) is 0 Å². The molecule has 2 rings (SSSR count). The Morgan fingerprint density at radius 2 is 2.07 bits per heavy atom. The number of hydrogen-bond donors (Lipinski definition) is 0. The minimum atomic E-state index is 0.0422. The highest BCUT2D eigenvalue weighted by Gasteiger charge is 2.07. The average Bonchev–Trinajstić information content (AvgIpc) is 2.43. The second kappa shape index (κ2) is 3.50. The Morgan fingerprint density at radius 3 is 2.73 bits per heavy atom. The molecule has 0 unspecified atom stereocenters. The van der Waals surface area contributed by atoms with Gasteiger partial charge in [-0.1, -0.05) is 11.6 Å². The summed E-state index contributed by atoms with van der Waals surface area (Å²) in [4.78, 5) is 11.9. The molecule has 0 radical (unpaired) electrons. The maximum atomic E-state index is 11.9. The highest BCUT2D eigenvalue weighted by atomic mass is 16.1. The van der Waals surface area contributed by atoms with Crippen LogP contribution in [0.4, 0.5) is 0 Å². The first-order valence-electron chi connectivity index (χ1n) is 5.11. The van der Waals surface area contributed by atoms with Crippen LogP contribution >= 0.6 is 0 Å². The van der Waals surface area contributed by atoms with Crippen LogP contribution in [0.2, 0.25) is 0 Å². The molecular formula is C12H14N2O. The van der Waals surface area contributed by atoms with Crippen molar-refractivity contribution in [1.29, 1.82) is 0 Å². The number of rotatable bonds is 1. The van der Waals surface area contributed by atoms with Gasteiger partial charge in [0.15, 0.2) is 0 Å². The van der Waals surface area contributed by atoms with E-state index in [1.165, 1.54) is 0 Å². The van der Waals surface area contributed by atoms with Crippen LogP contribution in [0.15, 0.2) is 23.0 Å². The lowest BCUT2D eigenvalue weighted by Gasteiger charge is -1.93.